The molecule has 9 nitrogen and oxygen atoms in total. The van der Waals surface area contributed by atoms with Gasteiger partial charge in [-0.2, -0.15) is 24.7 Å². The predicted octanol–water partition coefficient (Wildman–Crippen LogP) is -0.0517. The Balaban J connectivity index is 1.85. The Hall–Kier alpha value is -2.29. The summed E-state index contributed by atoms with van der Waals surface area (Å²) in [5, 5.41) is 7.26. The smallest absolute Gasteiger partial charge is 0.258 e. The van der Waals surface area contributed by atoms with Crippen LogP contribution < -0.4 is 16.6 Å². The number of aromatic nitrogens is 6. The van der Waals surface area contributed by atoms with Gasteiger partial charge in [-0.25, -0.2) is 10.8 Å². The fraction of sp³-hybridized carbons (Fsp3) is 0.500. The molecule has 3 rings (SSSR count). The maximum Gasteiger partial charge on any atom is 0.258 e. The summed E-state index contributed by atoms with van der Waals surface area (Å²) >= 11 is 0. The van der Waals surface area contributed by atoms with Crippen molar-refractivity contribution < 1.29 is 0 Å². The number of hydrogen-bond acceptors (Lipinski definition) is 8. The van der Waals surface area contributed by atoms with Crippen LogP contribution in [0.1, 0.15) is 19.8 Å². The molecule has 1 aliphatic rings. The van der Waals surface area contributed by atoms with Gasteiger partial charge in [-0.15, -0.1) is 0 Å². The molecule has 0 saturated heterocycles. The number of nitrogen functional groups attached to an aromatic ring is 1. The van der Waals surface area contributed by atoms with Gasteiger partial charge in [0.15, 0.2) is 0 Å². The first-order valence-corrected chi connectivity index (χ1v) is 6.14. The number of hydrogen-bond donors (Lipinski definition) is 3. The molecule has 2 atom stereocenters. The standard InChI is InChI=1S/C10H15N9/c1-2-6-3-7(6)14-8-15-9(18-11)17-10(16-8)19-5-12-4-13-19/h4-7H,2-3,11H2,1H3,(H2,14,15,16,17,18). The Morgan fingerprint density at radius 3 is 2.84 bits per heavy atom. The highest BCUT2D eigenvalue weighted by molar-refractivity contribution is 5.38. The zero-order chi connectivity index (χ0) is 13.2. The monoisotopic (exact) mass is 261 g/mol. The SMILES string of the molecule is CCC1CC1Nc1nc(NN)nc(-n2cncn2)n1. The van der Waals surface area contributed by atoms with Crippen LogP contribution in [0.15, 0.2) is 12.7 Å². The van der Waals surface area contributed by atoms with Gasteiger partial charge < -0.3 is 5.32 Å². The van der Waals surface area contributed by atoms with Crippen molar-refractivity contribution in [1.29, 1.82) is 0 Å². The van der Waals surface area contributed by atoms with Crippen LogP contribution in [0.2, 0.25) is 0 Å². The van der Waals surface area contributed by atoms with Crippen LogP contribution in [0.3, 0.4) is 0 Å². The van der Waals surface area contributed by atoms with Crippen LogP contribution in [0.5, 0.6) is 0 Å². The summed E-state index contributed by atoms with van der Waals surface area (Å²) in [5.41, 5.74) is 2.42. The van der Waals surface area contributed by atoms with Crippen molar-refractivity contribution in [2.75, 3.05) is 10.7 Å². The van der Waals surface area contributed by atoms with Crippen molar-refractivity contribution in [2.24, 2.45) is 11.8 Å². The Morgan fingerprint density at radius 2 is 2.21 bits per heavy atom. The number of anilines is 2. The van der Waals surface area contributed by atoms with Gasteiger partial charge >= 0.3 is 0 Å². The summed E-state index contributed by atoms with van der Waals surface area (Å²) in [6.45, 7) is 2.17. The zero-order valence-corrected chi connectivity index (χ0v) is 10.5. The van der Waals surface area contributed by atoms with E-state index in [9.17, 15) is 0 Å². The first-order chi connectivity index (χ1) is 9.30. The lowest BCUT2D eigenvalue weighted by molar-refractivity contribution is 0.763. The lowest BCUT2D eigenvalue weighted by atomic mass is 10.3. The predicted molar refractivity (Wildman–Crippen MR) is 68.4 cm³/mol. The molecule has 1 aliphatic carbocycles. The Morgan fingerprint density at radius 1 is 1.37 bits per heavy atom. The zero-order valence-electron chi connectivity index (χ0n) is 10.5. The molecule has 0 bridgehead atoms. The highest BCUT2D eigenvalue weighted by Gasteiger charge is 2.35. The maximum atomic E-state index is 5.37. The van der Waals surface area contributed by atoms with Crippen LogP contribution in [-0.4, -0.2) is 35.8 Å². The molecule has 1 fully saturated rings. The topological polar surface area (TPSA) is 119 Å². The van der Waals surface area contributed by atoms with E-state index in [2.05, 4.69) is 42.7 Å². The fourth-order valence-electron chi connectivity index (χ4n) is 1.95. The number of nitrogens with zero attached hydrogens (tertiary/aromatic N) is 6. The summed E-state index contributed by atoms with van der Waals surface area (Å²) in [6, 6.07) is 0.432. The lowest BCUT2D eigenvalue weighted by Crippen LogP contribution is -2.17. The second-order valence-corrected chi connectivity index (χ2v) is 4.42. The van der Waals surface area contributed by atoms with Gasteiger partial charge in [-0.1, -0.05) is 13.3 Å². The first kappa shape index (κ1) is 11.8. The van der Waals surface area contributed by atoms with Gasteiger partial charge in [0.05, 0.1) is 0 Å². The number of nitrogens with two attached hydrogens (primary N) is 1. The highest BCUT2D eigenvalue weighted by Crippen LogP contribution is 2.35. The fourth-order valence-corrected chi connectivity index (χ4v) is 1.95. The molecule has 2 aromatic heterocycles. The van der Waals surface area contributed by atoms with Crippen LogP contribution in [-0.2, 0) is 0 Å². The van der Waals surface area contributed by atoms with Crippen LogP contribution >= 0.6 is 0 Å². The summed E-state index contributed by atoms with van der Waals surface area (Å²) in [5.74, 6) is 7.22. The van der Waals surface area contributed by atoms with E-state index < -0.39 is 0 Å². The Labute approximate surface area is 109 Å². The van der Waals surface area contributed by atoms with E-state index in [-0.39, 0.29) is 5.95 Å². The lowest BCUT2D eigenvalue weighted by Gasteiger charge is -2.07. The Kier molecular flexibility index (Phi) is 2.95. The van der Waals surface area contributed by atoms with Gasteiger partial charge in [0.25, 0.3) is 5.95 Å². The summed E-state index contributed by atoms with van der Waals surface area (Å²) < 4.78 is 1.46. The summed E-state index contributed by atoms with van der Waals surface area (Å²) in [6.07, 6.45) is 5.23. The van der Waals surface area contributed by atoms with Gasteiger partial charge in [0.1, 0.15) is 12.7 Å². The summed E-state index contributed by atoms with van der Waals surface area (Å²) in [7, 11) is 0. The molecule has 2 unspecified atom stereocenters. The molecule has 0 aromatic carbocycles. The van der Waals surface area contributed by atoms with Crippen molar-refractivity contribution in [1.82, 2.24) is 29.7 Å². The third-order valence-corrected chi connectivity index (χ3v) is 3.14. The number of rotatable bonds is 5. The minimum Gasteiger partial charge on any atom is -0.351 e. The average Bonchev–Trinajstić information content (AvgIpc) is 2.96. The van der Waals surface area contributed by atoms with Gasteiger partial charge in [-0.05, 0) is 12.3 Å². The van der Waals surface area contributed by atoms with Crippen LogP contribution in [0, 0.1) is 5.92 Å². The van der Waals surface area contributed by atoms with Gasteiger partial charge in [0, 0.05) is 6.04 Å². The third-order valence-electron chi connectivity index (χ3n) is 3.14. The normalized spacial score (nSPS) is 21.2. The molecule has 0 radical (unpaired) electrons. The van der Waals surface area contributed by atoms with E-state index in [4.69, 9.17) is 5.84 Å². The van der Waals surface area contributed by atoms with Crippen molar-refractivity contribution >= 4 is 11.9 Å². The van der Waals surface area contributed by atoms with E-state index >= 15 is 0 Å². The maximum absolute atomic E-state index is 5.37. The first-order valence-electron chi connectivity index (χ1n) is 6.14. The molecular weight excluding hydrogens is 246 g/mol. The van der Waals surface area contributed by atoms with Crippen molar-refractivity contribution in [3.05, 3.63) is 12.7 Å². The van der Waals surface area contributed by atoms with E-state index in [1.54, 1.807) is 0 Å². The van der Waals surface area contributed by atoms with Crippen molar-refractivity contribution in [3.63, 3.8) is 0 Å². The molecular formula is C10H15N9. The Bertz CT molecular complexity index is 552. The summed E-state index contributed by atoms with van der Waals surface area (Å²) in [4.78, 5) is 16.5. The van der Waals surface area contributed by atoms with Gasteiger partial charge in [0.2, 0.25) is 11.9 Å². The molecule has 1 saturated carbocycles. The minimum absolute atomic E-state index is 0.289. The van der Waals surface area contributed by atoms with E-state index in [0.29, 0.717) is 23.9 Å². The molecule has 9 heteroatoms. The molecule has 0 amide bonds. The molecule has 2 aromatic rings. The molecule has 4 N–H and O–H groups in total. The largest absolute Gasteiger partial charge is 0.351 e. The van der Waals surface area contributed by atoms with E-state index in [0.717, 1.165) is 12.8 Å². The molecule has 100 valence electrons. The third kappa shape index (κ3) is 2.45. The highest BCUT2D eigenvalue weighted by atomic mass is 15.4. The average molecular weight is 261 g/mol. The molecule has 2 heterocycles. The van der Waals surface area contributed by atoms with Crippen LogP contribution in [0.25, 0.3) is 5.95 Å². The molecule has 0 aliphatic heterocycles. The second-order valence-electron chi connectivity index (χ2n) is 4.42. The molecule has 19 heavy (non-hydrogen) atoms. The molecule has 0 spiro atoms. The van der Waals surface area contributed by atoms with Crippen molar-refractivity contribution in [3.8, 4) is 5.95 Å². The number of hydrazine groups is 1. The van der Waals surface area contributed by atoms with Gasteiger partial charge in [-0.3, -0.25) is 5.43 Å². The van der Waals surface area contributed by atoms with Crippen molar-refractivity contribution in [2.45, 2.75) is 25.8 Å². The van der Waals surface area contributed by atoms with Crippen LogP contribution in [0.4, 0.5) is 11.9 Å². The van der Waals surface area contributed by atoms with E-state index in [1.807, 2.05) is 0 Å². The number of nitrogens with one attached hydrogen (secondary N) is 2. The quantitative estimate of drug-likeness (QED) is 0.506. The second kappa shape index (κ2) is 4.76. The van der Waals surface area contributed by atoms with E-state index in [1.165, 1.54) is 17.3 Å². The minimum atomic E-state index is 0.289.